The fourth-order valence-corrected chi connectivity index (χ4v) is 6.46. The first kappa shape index (κ1) is 42.0. The first-order valence-corrected chi connectivity index (χ1v) is 16.6. The number of ether oxygens (including phenoxy) is 4. The first-order valence-electron chi connectivity index (χ1n) is 14.1. The van der Waals surface area contributed by atoms with Gasteiger partial charge in [-0.15, -0.1) is 0 Å². The molecule has 282 valence electrons. The third-order valence-electron chi connectivity index (χ3n) is 6.40. The number of esters is 2. The molecule has 0 radical (unpaired) electrons. The molecule has 2 rings (SSSR count). The fourth-order valence-electron chi connectivity index (χ4n) is 4.16. The van der Waals surface area contributed by atoms with E-state index in [0.29, 0.717) is 12.1 Å². The van der Waals surface area contributed by atoms with Gasteiger partial charge in [-0.25, -0.2) is 9.59 Å². The number of rotatable bonds is 19. The molecule has 0 fully saturated rings. The Labute approximate surface area is 298 Å². The van der Waals surface area contributed by atoms with E-state index in [1.165, 1.54) is 13.8 Å². The first-order chi connectivity index (χ1) is 24.5. The predicted octanol–water partition coefficient (Wildman–Crippen LogP) is 2.15. The van der Waals surface area contributed by atoms with Gasteiger partial charge < -0.3 is 39.8 Å². The zero-order chi connectivity index (χ0) is 39.4. The lowest BCUT2D eigenvalue weighted by atomic mass is 10.1. The summed E-state index contributed by atoms with van der Waals surface area (Å²) in [4.78, 5) is 93.9. The monoisotopic (exact) mass is 776 g/mol. The van der Waals surface area contributed by atoms with Gasteiger partial charge in [0, 0.05) is 11.5 Å². The number of benzene rings is 2. The van der Waals surface area contributed by atoms with Crippen molar-refractivity contribution in [2.75, 3.05) is 38.9 Å². The highest BCUT2D eigenvalue weighted by molar-refractivity contribution is 8.76. The van der Waals surface area contributed by atoms with Gasteiger partial charge in [-0.2, -0.15) is 0 Å². The van der Waals surface area contributed by atoms with Crippen LogP contribution < -0.4 is 20.1 Å². The van der Waals surface area contributed by atoms with Crippen molar-refractivity contribution in [1.29, 1.82) is 0 Å². The number of phenols is 2. The third kappa shape index (κ3) is 9.74. The third-order valence-corrected chi connectivity index (χ3v) is 8.82. The van der Waals surface area contributed by atoms with Crippen molar-refractivity contribution in [2.24, 2.45) is 0 Å². The standard InChI is InChI=1S/C26H28N6O18S2/c1-5-49-25(37)11(27-23(35)17-13(29(39)40)7-15(47-3)21(33)19(17)31(43)44)9-51-52-10-12(26(38)50-6-2)28-24(36)18-14(30(41)42)8-16(48-4)22(34)20(18)32(45)46/h7-8,11-12,33-34H,5-6,9-10H2,1-4H3,(H,27,35)(H,28,36)/t11-,12-/m0/s1. The number of hydrogen-bond acceptors (Lipinski definition) is 20. The number of hydrogen-bond donors (Lipinski definition) is 4. The Kier molecular flexibility index (Phi) is 15.1. The Balaban J connectivity index is 2.39. The second-order valence-electron chi connectivity index (χ2n) is 9.49. The number of nitrogens with zero attached hydrogens (tertiary/aromatic N) is 4. The lowest BCUT2D eigenvalue weighted by molar-refractivity contribution is -0.395. The number of nitrogens with one attached hydrogen (secondary N) is 2. The molecular weight excluding hydrogens is 748 g/mol. The fraction of sp³-hybridized carbons (Fsp3) is 0.385. The number of carbonyl (C=O) groups is 4. The van der Waals surface area contributed by atoms with Crippen molar-refractivity contribution >= 4 is 68.1 Å². The highest BCUT2D eigenvalue weighted by Crippen LogP contribution is 2.45. The van der Waals surface area contributed by atoms with E-state index in [9.17, 15) is 69.8 Å². The van der Waals surface area contributed by atoms with Crippen molar-refractivity contribution in [3.63, 3.8) is 0 Å². The summed E-state index contributed by atoms with van der Waals surface area (Å²) in [5.74, 6) is -10.0. The van der Waals surface area contributed by atoms with Gasteiger partial charge in [0.05, 0.1) is 59.3 Å². The van der Waals surface area contributed by atoms with Crippen molar-refractivity contribution in [3.05, 3.63) is 63.7 Å². The predicted molar refractivity (Wildman–Crippen MR) is 177 cm³/mol. The van der Waals surface area contributed by atoms with Crippen LogP contribution in [0.3, 0.4) is 0 Å². The van der Waals surface area contributed by atoms with Crippen LogP contribution in [0.1, 0.15) is 34.6 Å². The van der Waals surface area contributed by atoms with Gasteiger partial charge in [-0.3, -0.25) is 50.0 Å². The molecule has 0 aliphatic carbocycles. The highest BCUT2D eigenvalue weighted by atomic mass is 33.1. The lowest BCUT2D eigenvalue weighted by Crippen LogP contribution is -2.44. The van der Waals surface area contributed by atoms with Gasteiger partial charge in [0.2, 0.25) is 11.5 Å². The molecule has 0 saturated carbocycles. The van der Waals surface area contributed by atoms with Crippen molar-refractivity contribution in [1.82, 2.24) is 10.6 Å². The van der Waals surface area contributed by atoms with Gasteiger partial charge in [0.25, 0.3) is 23.2 Å². The quantitative estimate of drug-likeness (QED) is 0.0522. The molecule has 0 heterocycles. The summed E-state index contributed by atoms with van der Waals surface area (Å²) < 4.78 is 19.3. The summed E-state index contributed by atoms with van der Waals surface area (Å²) in [6.07, 6.45) is 0. The summed E-state index contributed by atoms with van der Waals surface area (Å²) in [6, 6.07) is -2.23. The van der Waals surface area contributed by atoms with Crippen LogP contribution in [0.5, 0.6) is 23.0 Å². The maximum absolute atomic E-state index is 13.2. The Bertz CT molecular complexity index is 1660. The van der Waals surface area contributed by atoms with Gasteiger partial charge in [-0.1, -0.05) is 21.6 Å². The molecule has 0 bridgehead atoms. The second-order valence-corrected chi connectivity index (χ2v) is 12.0. The number of phenolic OH excluding ortho intramolecular Hbond substituents is 2. The molecule has 24 nitrogen and oxygen atoms in total. The molecule has 0 saturated heterocycles. The summed E-state index contributed by atoms with van der Waals surface area (Å²) >= 11 is 0. The number of carbonyl (C=O) groups excluding carboxylic acids is 4. The molecular formula is C26H28N6O18S2. The van der Waals surface area contributed by atoms with Gasteiger partial charge in [0.1, 0.15) is 12.1 Å². The SMILES string of the molecule is CCOC(=O)[C@H](CSSC[C@H](NC(=O)c1c([N+](=O)[O-])cc(OC)c(O)c1[N+](=O)[O-])C(=O)OCC)NC(=O)c1c([N+](=O)[O-])cc(OC)c(O)c1[N+](=O)[O-]. The molecule has 2 amide bonds. The summed E-state index contributed by atoms with van der Waals surface area (Å²) in [5.41, 5.74) is -7.54. The van der Waals surface area contributed by atoms with E-state index in [0.717, 1.165) is 35.8 Å². The maximum Gasteiger partial charge on any atom is 0.334 e. The zero-order valence-corrected chi connectivity index (χ0v) is 28.8. The van der Waals surface area contributed by atoms with Crippen molar-refractivity contribution < 1.29 is 68.0 Å². The van der Waals surface area contributed by atoms with E-state index in [1.807, 2.05) is 0 Å². The molecule has 26 heteroatoms. The van der Waals surface area contributed by atoms with Gasteiger partial charge in [0.15, 0.2) is 22.6 Å². The van der Waals surface area contributed by atoms with E-state index in [4.69, 9.17) is 18.9 Å². The maximum atomic E-state index is 13.2. The van der Waals surface area contributed by atoms with Crippen LogP contribution in [-0.2, 0) is 19.1 Å². The Morgan fingerprint density at radius 3 is 1.25 bits per heavy atom. The van der Waals surface area contributed by atoms with Crippen molar-refractivity contribution in [2.45, 2.75) is 25.9 Å². The normalized spacial score (nSPS) is 11.7. The number of nitro benzene ring substituents is 4. The van der Waals surface area contributed by atoms with Crippen LogP contribution in [0.15, 0.2) is 12.1 Å². The van der Waals surface area contributed by atoms with Crippen LogP contribution in [0.4, 0.5) is 22.7 Å². The number of methoxy groups -OCH3 is 2. The van der Waals surface area contributed by atoms with E-state index in [1.54, 1.807) is 0 Å². The molecule has 0 aliphatic heterocycles. The number of nitro groups is 4. The van der Waals surface area contributed by atoms with Crippen LogP contribution in [-0.4, -0.2) is 105 Å². The minimum absolute atomic E-state index is 0.219. The van der Waals surface area contributed by atoms with Crippen LogP contribution in [0, 0.1) is 40.5 Å². The van der Waals surface area contributed by atoms with E-state index in [-0.39, 0.29) is 13.2 Å². The summed E-state index contributed by atoms with van der Waals surface area (Å²) in [6.45, 7) is 2.37. The van der Waals surface area contributed by atoms with E-state index in [2.05, 4.69) is 10.6 Å². The average Bonchev–Trinajstić information content (AvgIpc) is 3.07. The Morgan fingerprint density at radius 2 is 1.00 bits per heavy atom. The molecule has 2 atom stereocenters. The minimum Gasteiger partial charge on any atom is -0.499 e. The molecule has 0 unspecified atom stereocenters. The zero-order valence-electron chi connectivity index (χ0n) is 27.2. The molecule has 2 aromatic rings. The molecule has 4 N–H and O–H groups in total. The van der Waals surface area contributed by atoms with Crippen LogP contribution in [0.2, 0.25) is 0 Å². The van der Waals surface area contributed by atoms with Crippen molar-refractivity contribution in [3.8, 4) is 23.0 Å². The molecule has 0 spiro atoms. The van der Waals surface area contributed by atoms with Crippen LogP contribution in [0.25, 0.3) is 0 Å². The lowest BCUT2D eigenvalue weighted by Gasteiger charge is -2.19. The molecule has 52 heavy (non-hydrogen) atoms. The highest BCUT2D eigenvalue weighted by Gasteiger charge is 2.40. The second kappa shape index (κ2) is 18.7. The van der Waals surface area contributed by atoms with Crippen LogP contribution >= 0.6 is 21.6 Å². The topological polar surface area (TPSA) is 342 Å². The van der Waals surface area contributed by atoms with E-state index >= 15 is 0 Å². The minimum atomic E-state index is -1.67. The Morgan fingerprint density at radius 1 is 0.673 bits per heavy atom. The number of aromatic hydroxyl groups is 2. The van der Waals surface area contributed by atoms with E-state index < -0.39 is 124 Å². The number of amides is 2. The molecule has 2 aromatic carbocycles. The smallest absolute Gasteiger partial charge is 0.334 e. The van der Waals surface area contributed by atoms with Gasteiger partial charge in [-0.05, 0) is 13.8 Å². The largest absolute Gasteiger partial charge is 0.499 e. The molecule has 0 aromatic heterocycles. The molecule has 0 aliphatic rings. The average molecular weight is 777 g/mol. The van der Waals surface area contributed by atoms with Gasteiger partial charge >= 0.3 is 23.3 Å². The summed E-state index contributed by atoms with van der Waals surface area (Å²) in [7, 11) is 3.35. The Hall–Kier alpha value is -6.18. The summed E-state index contributed by atoms with van der Waals surface area (Å²) in [5, 5.41) is 71.6.